The van der Waals surface area contributed by atoms with E-state index in [0.29, 0.717) is 15.7 Å². The van der Waals surface area contributed by atoms with E-state index in [2.05, 4.69) is 17.5 Å². The molecule has 24 heavy (non-hydrogen) atoms. The molecule has 2 aromatic carbocycles. The molecule has 0 bridgehead atoms. The standard InChI is InChI=1S/C18H14Cl2N2O2/c19-10-7-8-14(15(20)9-10)17-12-4-1-3-11(12)13-5-2-6-16(22(23)24)18(13)21-17/h1-3,5-9,11-12,17,21H,4H2/t11-,12-,17+/m0/s1. The summed E-state index contributed by atoms with van der Waals surface area (Å²) in [6, 6.07) is 10.6. The van der Waals surface area contributed by atoms with Crippen molar-refractivity contribution in [3.05, 3.63) is 79.8 Å². The fraction of sp³-hybridized carbons (Fsp3) is 0.222. The predicted molar refractivity (Wildman–Crippen MR) is 95.9 cm³/mol. The smallest absolute Gasteiger partial charge is 0.292 e. The van der Waals surface area contributed by atoms with Crippen molar-refractivity contribution in [3.8, 4) is 0 Å². The van der Waals surface area contributed by atoms with Crippen LogP contribution in [0.15, 0.2) is 48.6 Å². The monoisotopic (exact) mass is 360 g/mol. The Bertz CT molecular complexity index is 866. The first-order chi connectivity index (χ1) is 11.6. The maximum atomic E-state index is 11.4. The fourth-order valence-electron chi connectivity index (χ4n) is 3.82. The normalized spacial score (nSPS) is 24.2. The van der Waals surface area contributed by atoms with Crippen molar-refractivity contribution < 1.29 is 4.92 Å². The number of hydrogen-bond donors (Lipinski definition) is 1. The van der Waals surface area contributed by atoms with Gasteiger partial charge in [-0.05, 0) is 35.6 Å². The Labute approximate surface area is 149 Å². The van der Waals surface area contributed by atoms with Gasteiger partial charge in [-0.2, -0.15) is 0 Å². The summed E-state index contributed by atoms with van der Waals surface area (Å²) in [5.74, 6) is 0.427. The molecule has 0 unspecified atom stereocenters. The first-order valence-electron chi connectivity index (χ1n) is 7.71. The van der Waals surface area contributed by atoms with Gasteiger partial charge < -0.3 is 5.32 Å². The molecular weight excluding hydrogens is 347 g/mol. The first kappa shape index (κ1) is 15.5. The molecule has 0 aromatic heterocycles. The zero-order valence-electron chi connectivity index (χ0n) is 12.6. The van der Waals surface area contributed by atoms with Crippen molar-refractivity contribution in [3.63, 3.8) is 0 Å². The molecule has 1 aliphatic heterocycles. The molecule has 0 spiro atoms. The van der Waals surface area contributed by atoms with Gasteiger partial charge in [0.15, 0.2) is 0 Å². The Morgan fingerprint density at radius 1 is 1.17 bits per heavy atom. The van der Waals surface area contributed by atoms with Gasteiger partial charge in [0.25, 0.3) is 5.69 Å². The highest BCUT2D eigenvalue weighted by molar-refractivity contribution is 6.35. The van der Waals surface area contributed by atoms with Crippen LogP contribution in [0.25, 0.3) is 0 Å². The number of nitro benzene ring substituents is 1. The van der Waals surface area contributed by atoms with Crippen molar-refractivity contribution in [1.82, 2.24) is 0 Å². The summed E-state index contributed by atoms with van der Waals surface area (Å²) < 4.78 is 0. The van der Waals surface area contributed by atoms with E-state index in [4.69, 9.17) is 23.2 Å². The third kappa shape index (κ3) is 2.38. The minimum atomic E-state index is -0.342. The molecule has 1 aliphatic carbocycles. The van der Waals surface area contributed by atoms with E-state index < -0.39 is 0 Å². The maximum absolute atomic E-state index is 11.4. The second kappa shape index (κ2) is 5.80. The maximum Gasteiger partial charge on any atom is 0.292 e. The molecule has 2 aromatic rings. The number of hydrogen-bond acceptors (Lipinski definition) is 3. The van der Waals surface area contributed by atoms with E-state index in [1.165, 1.54) is 6.07 Å². The number of halogens is 2. The van der Waals surface area contributed by atoms with Gasteiger partial charge in [0.1, 0.15) is 5.69 Å². The molecule has 2 aliphatic rings. The molecule has 122 valence electrons. The number of anilines is 1. The van der Waals surface area contributed by atoms with Crippen LogP contribution < -0.4 is 5.32 Å². The van der Waals surface area contributed by atoms with Gasteiger partial charge in [-0.3, -0.25) is 10.1 Å². The minimum absolute atomic E-state index is 0.0941. The average Bonchev–Trinajstić information content (AvgIpc) is 3.03. The Hall–Kier alpha value is -2.04. The van der Waals surface area contributed by atoms with Gasteiger partial charge in [-0.25, -0.2) is 0 Å². The molecule has 0 saturated heterocycles. The molecule has 4 nitrogen and oxygen atoms in total. The highest BCUT2D eigenvalue weighted by Crippen LogP contribution is 2.52. The Balaban J connectivity index is 1.86. The van der Waals surface area contributed by atoms with Crippen molar-refractivity contribution in [1.29, 1.82) is 0 Å². The van der Waals surface area contributed by atoms with Gasteiger partial charge in [0.05, 0.1) is 11.0 Å². The van der Waals surface area contributed by atoms with Crippen LogP contribution in [0.2, 0.25) is 10.0 Å². The van der Waals surface area contributed by atoms with Crippen molar-refractivity contribution in [2.75, 3.05) is 5.32 Å². The predicted octanol–water partition coefficient (Wildman–Crippen LogP) is 5.73. The number of allylic oxidation sites excluding steroid dienone is 2. The molecule has 0 fully saturated rings. The van der Waals surface area contributed by atoms with E-state index in [9.17, 15) is 10.1 Å². The van der Waals surface area contributed by atoms with Gasteiger partial charge in [-0.15, -0.1) is 0 Å². The molecule has 3 atom stereocenters. The number of para-hydroxylation sites is 1. The van der Waals surface area contributed by atoms with E-state index in [0.717, 1.165) is 17.5 Å². The summed E-state index contributed by atoms with van der Waals surface area (Å²) in [5, 5.41) is 16.0. The summed E-state index contributed by atoms with van der Waals surface area (Å²) >= 11 is 12.4. The fourth-order valence-corrected chi connectivity index (χ4v) is 4.34. The summed E-state index contributed by atoms with van der Waals surface area (Å²) in [6.07, 6.45) is 5.19. The molecule has 6 heteroatoms. The minimum Gasteiger partial charge on any atom is -0.372 e. The number of rotatable bonds is 2. The van der Waals surface area contributed by atoms with Crippen LogP contribution in [-0.4, -0.2) is 4.92 Å². The quantitative estimate of drug-likeness (QED) is 0.422. The van der Waals surface area contributed by atoms with Gasteiger partial charge in [0.2, 0.25) is 0 Å². The number of nitro groups is 1. The van der Waals surface area contributed by atoms with Crippen LogP contribution in [-0.2, 0) is 0 Å². The highest BCUT2D eigenvalue weighted by Gasteiger charge is 2.40. The Kier molecular flexibility index (Phi) is 3.74. The number of fused-ring (bicyclic) bond motifs is 3. The molecule has 0 amide bonds. The number of benzene rings is 2. The van der Waals surface area contributed by atoms with Crippen LogP contribution >= 0.6 is 23.2 Å². The third-order valence-corrected chi connectivity index (χ3v) is 5.43. The number of nitrogens with one attached hydrogen (secondary N) is 1. The van der Waals surface area contributed by atoms with Crippen molar-refractivity contribution in [2.45, 2.75) is 18.4 Å². The second-order valence-electron chi connectivity index (χ2n) is 6.14. The van der Waals surface area contributed by atoms with E-state index in [1.54, 1.807) is 18.2 Å². The number of nitrogens with zero attached hydrogens (tertiary/aromatic N) is 1. The molecule has 0 radical (unpaired) electrons. The lowest BCUT2D eigenvalue weighted by Gasteiger charge is -2.37. The van der Waals surface area contributed by atoms with Crippen molar-refractivity contribution in [2.24, 2.45) is 5.92 Å². The first-order valence-corrected chi connectivity index (χ1v) is 8.47. The van der Waals surface area contributed by atoms with Gasteiger partial charge in [-0.1, -0.05) is 53.6 Å². The molecule has 1 heterocycles. The topological polar surface area (TPSA) is 55.2 Å². The highest BCUT2D eigenvalue weighted by atomic mass is 35.5. The summed E-state index contributed by atoms with van der Waals surface area (Å²) in [6.45, 7) is 0. The second-order valence-corrected chi connectivity index (χ2v) is 6.98. The molecule has 1 N–H and O–H groups in total. The van der Waals surface area contributed by atoms with Crippen LogP contribution in [0.1, 0.15) is 29.5 Å². The van der Waals surface area contributed by atoms with Crippen LogP contribution in [0.4, 0.5) is 11.4 Å². The lowest BCUT2D eigenvalue weighted by molar-refractivity contribution is -0.384. The van der Waals surface area contributed by atoms with Crippen LogP contribution in [0.5, 0.6) is 0 Å². The van der Waals surface area contributed by atoms with Crippen LogP contribution in [0, 0.1) is 16.0 Å². The Morgan fingerprint density at radius 2 is 2.00 bits per heavy atom. The van der Waals surface area contributed by atoms with Crippen molar-refractivity contribution >= 4 is 34.6 Å². The third-order valence-electron chi connectivity index (χ3n) is 4.87. The van der Waals surface area contributed by atoms with E-state index in [-0.39, 0.29) is 28.5 Å². The molecule has 0 saturated carbocycles. The zero-order chi connectivity index (χ0) is 16.8. The summed E-state index contributed by atoms with van der Waals surface area (Å²) in [5.41, 5.74) is 2.58. The van der Waals surface area contributed by atoms with Crippen LogP contribution in [0.3, 0.4) is 0 Å². The van der Waals surface area contributed by atoms with Gasteiger partial charge >= 0.3 is 0 Å². The largest absolute Gasteiger partial charge is 0.372 e. The SMILES string of the molecule is O=[N+]([O-])c1cccc2c1N[C@@H](c1ccc(Cl)cc1Cl)[C@H]1CC=C[C@H]21. The lowest BCUT2D eigenvalue weighted by Crippen LogP contribution is -2.29. The van der Waals surface area contributed by atoms with E-state index in [1.807, 2.05) is 12.1 Å². The lowest BCUT2D eigenvalue weighted by atomic mass is 9.77. The summed E-state index contributed by atoms with van der Waals surface area (Å²) in [7, 11) is 0. The summed E-state index contributed by atoms with van der Waals surface area (Å²) in [4.78, 5) is 11.1. The zero-order valence-corrected chi connectivity index (χ0v) is 14.1. The average molecular weight is 361 g/mol. The Morgan fingerprint density at radius 3 is 2.75 bits per heavy atom. The molecule has 4 rings (SSSR count). The molecular formula is C18H14Cl2N2O2. The van der Waals surface area contributed by atoms with E-state index >= 15 is 0 Å². The van der Waals surface area contributed by atoms with Gasteiger partial charge in [0, 0.05) is 22.0 Å².